The van der Waals surface area contributed by atoms with E-state index in [1.807, 2.05) is 37.3 Å². The molecule has 2 rings (SSSR count). The highest BCUT2D eigenvalue weighted by atomic mass is 16.3. The highest BCUT2D eigenvalue weighted by molar-refractivity contribution is 5.87. The van der Waals surface area contributed by atoms with E-state index in [4.69, 9.17) is 0 Å². The molecule has 1 aromatic rings. The molecule has 0 radical (unpaired) electrons. The quantitative estimate of drug-likeness (QED) is 0.803. The van der Waals surface area contributed by atoms with Crippen LogP contribution in [-0.2, 0) is 4.79 Å². The summed E-state index contributed by atoms with van der Waals surface area (Å²) in [5.74, 6) is 0.193. The van der Waals surface area contributed by atoms with E-state index >= 15 is 0 Å². The fraction of sp³-hybridized carbons (Fsp3) is 0.462. The van der Waals surface area contributed by atoms with Crippen molar-refractivity contribution in [2.45, 2.75) is 32.3 Å². The fourth-order valence-corrected chi connectivity index (χ4v) is 2.33. The fourth-order valence-electron chi connectivity index (χ4n) is 2.33. The Morgan fingerprint density at radius 3 is 2.53 bits per heavy atom. The summed E-state index contributed by atoms with van der Waals surface area (Å²) in [5, 5.41) is 10.2. The van der Waals surface area contributed by atoms with Gasteiger partial charge in [-0.25, -0.2) is 0 Å². The predicted octanol–water partition coefficient (Wildman–Crippen LogP) is 2.48. The summed E-state index contributed by atoms with van der Waals surface area (Å²) in [5.41, 5.74) is 0.275. The number of carbonyl (C=O) groups is 1. The number of hydrogen-bond donors (Lipinski definition) is 1. The molecular formula is C13H16O2. The van der Waals surface area contributed by atoms with Gasteiger partial charge in [0.15, 0.2) is 0 Å². The number of aliphatic hydroxyl groups is 1. The van der Waals surface area contributed by atoms with Gasteiger partial charge in [-0.1, -0.05) is 30.3 Å². The van der Waals surface area contributed by atoms with Crippen LogP contribution in [0.5, 0.6) is 0 Å². The number of ketones is 1. The van der Waals surface area contributed by atoms with Crippen molar-refractivity contribution < 1.29 is 9.90 Å². The maximum Gasteiger partial charge on any atom is 0.141 e. The first-order valence-electron chi connectivity index (χ1n) is 5.41. The van der Waals surface area contributed by atoms with Crippen molar-refractivity contribution in [1.82, 2.24) is 0 Å². The molecule has 0 aromatic heterocycles. The highest BCUT2D eigenvalue weighted by Gasteiger charge is 2.43. The van der Waals surface area contributed by atoms with Crippen LogP contribution in [0.4, 0.5) is 0 Å². The number of rotatable bonds is 2. The average molecular weight is 204 g/mol. The number of carbonyl (C=O) groups excluding carboxylic acids is 1. The van der Waals surface area contributed by atoms with Crippen molar-refractivity contribution in [2.75, 3.05) is 0 Å². The second kappa shape index (κ2) is 3.78. The van der Waals surface area contributed by atoms with E-state index < -0.39 is 11.5 Å². The maximum atomic E-state index is 11.8. The Hall–Kier alpha value is -1.15. The lowest BCUT2D eigenvalue weighted by Crippen LogP contribution is -2.29. The molecule has 0 spiro atoms. The number of Topliss-reactive ketones (excluding diaryl/α,β-unsaturated/α-hetero) is 1. The summed E-state index contributed by atoms with van der Waals surface area (Å²) < 4.78 is 0. The normalized spacial score (nSPS) is 28.0. The molecule has 1 saturated carbocycles. The van der Waals surface area contributed by atoms with Crippen molar-refractivity contribution in [3.63, 3.8) is 0 Å². The molecule has 80 valence electrons. The van der Waals surface area contributed by atoms with Gasteiger partial charge in [-0.15, -0.1) is 0 Å². The first-order chi connectivity index (χ1) is 7.14. The molecule has 1 aliphatic rings. The van der Waals surface area contributed by atoms with Crippen molar-refractivity contribution in [1.29, 1.82) is 0 Å². The molecule has 0 bridgehead atoms. The van der Waals surface area contributed by atoms with Gasteiger partial charge in [-0.3, -0.25) is 4.79 Å². The van der Waals surface area contributed by atoms with E-state index in [1.54, 1.807) is 0 Å². The van der Waals surface area contributed by atoms with Gasteiger partial charge < -0.3 is 5.11 Å². The lowest BCUT2D eigenvalue weighted by Gasteiger charge is -2.28. The van der Waals surface area contributed by atoms with Crippen molar-refractivity contribution >= 4 is 5.78 Å². The second-order valence-electron chi connectivity index (χ2n) is 4.51. The highest BCUT2D eigenvalue weighted by Crippen LogP contribution is 2.44. The summed E-state index contributed by atoms with van der Waals surface area (Å²) in [6, 6.07) is 9.45. The smallest absolute Gasteiger partial charge is 0.141 e. The van der Waals surface area contributed by atoms with Gasteiger partial charge in [0.05, 0.1) is 11.5 Å². The number of hydrogen-bond acceptors (Lipinski definition) is 2. The van der Waals surface area contributed by atoms with Gasteiger partial charge in [0.2, 0.25) is 0 Å². The SMILES string of the molecule is CC1(C(O)c2ccccc2)CCCC1=O. The summed E-state index contributed by atoms with van der Waals surface area (Å²) in [6.07, 6.45) is 1.65. The predicted molar refractivity (Wildman–Crippen MR) is 58.4 cm³/mol. The summed E-state index contributed by atoms with van der Waals surface area (Å²) in [4.78, 5) is 11.8. The zero-order valence-electron chi connectivity index (χ0n) is 8.94. The topological polar surface area (TPSA) is 37.3 Å². The molecule has 1 N–H and O–H groups in total. The number of benzene rings is 1. The van der Waals surface area contributed by atoms with Crippen molar-refractivity contribution in [3.8, 4) is 0 Å². The van der Waals surface area contributed by atoms with E-state index in [-0.39, 0.29) is 5.78 Å². The first kappa shape index (κ1) is 10.4. The third-order valence-corrected chi connectivity index (χ3v) is 3.46. The van der Waals surface area contributed by atoms with Crippen molar-refractivity contribution in [3.05, 3.63) is 35.9 Å². The Morgan fingerprint density at radius 1 is 1.33 bits per heavy atom. The Bertz CT molecular complexity index is 358. The number of aliphatic hydroxyl groups excluding tert-OH is 1. The van der Waals surface area contributed by atoms with E-state index in [1.165, 1.54) is 0 Å². The molecule has 2 heteroatoms. The molecule has 0 heterocycles. The Kier molecular flexibility index (Phi) is 2.61. The standard InChI is InChI=1S/C13H16O2/c1-13(9-5-8-11(13)14)12(15)10-6-3-2-4-7-10/h2-4,6-7,12,15H,5,8-9H2,1H3. The Labute approximate surface area is 89.9 Å². The molecule has 1 aromatic carbocycles. The Balaban J connectivity index is 2.28. The summed E-state index contributed by atoms with van der Waals surface area (Å²) >= 11 is 0. The molecule has 2 nitrogen and oxygen atoms in total. The lowest BCUT2D eigenvalue weighted by atomic mass is 9.78. The van der Waals surface area contributed by atoms with Crippen LogP contribution in [0.1, 0.15) is 37.9 Å². The van der Waals surface area contributed by atoms with Crippen LogP contribution in [0.25, 0.3) is 0 Å². The van der Waals surface area contributed by atoms with Gasteiger partial charge in [0, 0.05) is 6.42 Å². The molecule has 0 amide bonds. The molecule has 0 aliphatic heterocycles. The van der Waals surface area contributed by atoms with Crippen LogP contribution in [0.3, 0.4) is 0 Å². The van der Waals surface area contributed by atoms with Gasteiger partial charge in [-0.05, 0) is 25.3 Å². The minimum Gasteiger partial charge on any atom is -0.387 e. The van der Waals surface area contributed by atoms with E-state index in [0.717, 1.165) is 18.4 Å². The molecule has 2 unspecified atom stereocenters. The van der Waals surface area contributed by atoms with Crippen LogP contribution in [0.15, 0.2) is 30.3 Å². The summed E-state index contributed by atoms with van der Waals surface area (Å²) in [6.45, 7) is 1.88. The lowest BCUT2D eigenvalue weighted by molar-refractivity contribution is -0.131. The zero-order chi connectivity index (χ0) is 10.9. The third-order valence-electron chi connectivity index (χ3n) is 3.46. The van der Waals surface area contributed by atoms with E-state index in [2.05, 4.69) is 0 Å². The monoisotopic (exact) mass is 204 g/mol. The molecule has 2 atom stereocenters. The van der Waals surface area contributed by atoms with Crippen LogP contribution in [-0.4, -0.2) is 10.9 Å². The maximum absolute atomic E-state index is 11.8. The Morgan fingerprint density at radius 2 is 2.00 bits per heavy atom. The van der Waals surface area contributed by atoms with Crippen LogP contribution >= 0.6 is 0 Å². The molecule has 1 fully saturated rings. The van der Waals surface area contributed by atoms with Crippen LogP contribution in [0, 0.1) is 5.41 Å². The first-order valence-corrected chi connectivity index (χ1v) is 5.41. The van der Waals surface area contributed by atoms with Gasteiger partial charge in [0.1, 0.15) is 5.78 Å². The van der Waals surface area contributed by atoms with E-state index in [9.17, 15) is 9.90 Å². The minimum atomic E-state index is -0.659. The molecular weight excluding hydrogens is 188 g/mol. The minimum absolute atomic E-state index is 0.193. The van der Waals surface area contributed by atoms with Crippen LogP contribution in [0.2, 0.25) is 0 Å². The summed E-state index contributed by atoms with van der Waals surface area (Å²) in [7, 11) is 0. The van der Waals surface area contributed by atoms with Gasteiger partial charge in [0.25, 0.3) is 0 Å². The van der Waals surface area contributed by atoms with E-state index in [0.29, 0.717) is 6.42 Å². The van der Waals surface area contributed by atoms with Gasteiger partial charge >= 0.3 is 0 Å². The van der Waals surface area contributed by atoms with Crippen LogP contribution < -0.4 is 0 Å². The molecule has 0 saturated heterocycles. The third kappa shape index (κ3) is 1.70. The average Bonchev–Trinajstić information content (AvgIpc) is 2.61. The van der Waals surface area contributed by atoms with Crippen molar-refractivity contribution in [2.24, 2.45) is 5.41 Å². The zero-order valence-corrected chi connectivity index (χ0v) is 8.94. The largest absolute Gasteiger partial charge is 0.387 e. The van der Waals surface area contributed by atoms with Gasteiger partial charge in [-0.2, -0.15) is 0 Å². The second-order valence-corrected chi connectivity index (χ2v) is 4.51. The molecule has 15 heavy (non-hydrogen) atoms. The molecule has 1 aliphatic carbocycles.